The highest BCUT2D eigenvalue weighted by Gasteiger charge is 2.15. The quantitative estimate of drug-likeness (QED) is 0.633. The second kappa shape index (κ2) is 2.77. The van der Waals surface area contributed by atoms with E-state index in [0.717, 1.165) is 18.8 Å². The lowest BCUT2D eigenvalue weighted by Crippen LogP contribution is -2.12. The van der Waals surface area contributed by atoms with E-state index in [1.807, 2.05) is 6.07 Å². The van der Waals surface area contributed by atoms with Crippen molar-refractivity contribution in [3.63, 3.8) is 0 Å². The molecule has 0 saturated carbocycles. The van der Waals surface area contributed by atoms with Crippen LogP contribution in [0.2, 0.25) is 0 Å². The van der Waals surface area contributed by atoms with Gasteiger partial charge in [-0.3, -0.25) is 4.98 Å². The van der Waals surface area contributed by atoms with Crippen molar-refractivity contribution in [1.82, 2.24) is 4.98 Å². The Labute approximate surface area is 72.3 Å². The largest absolute Gasteiger partial charge is 0.506 e. The van der Waals surface area contributed by atoms with Crippen molar-refractivity contribution in [1.29, 1.82) is 0 Å². The lowest BCUT2D eigenvalue weighted by Gasteiger charge is -2.19. The van der Waals surface area contributed by atoms with E-state index < -0.39 is 0 Å². The van der Waals surface area contributed by atoms with Gasteiger partial charge in [0.1, 0.15) is 5.75 Å². The van der Waals surface area contributed by atoms with E-state index in [4.69, 9.17) is 0 Å². The van der Waals surface area contributed by atoms with Gasteiger partial charge in [-0.05, 0) is 36.8 Å². The molecule has 0 amide bonds. The van der Waals surface area contributed by atoms with Crippen LogP contribution in [0.3, 0.4) is 0 Å². The van der Waals surface area contributed by atoms with Crippen LogP contribution in [0.1, 0.15) is 24.6 Å². The highest BCUT2D eigenvalue weighted by molar-refractivity contribution is 5.30. The maximum absolute atomic E-state index is 9.21. The monoisotopic (exact) mass is 163 g/mol. The van der Waals surface area contributed by atoms with Gasteiger partial charge in [0, 0.05) is 5.69 Å². The Morgan fingerprint density at radius 2 is 2.42 bits per heavy atom. The van der Waals surface area contributed by atoms with Gasteiger partial charge < -0.3 is 5.11 Å². The first-order chi connectivity index (χ1) is 5.75. The minimum absolute atomic E-state index is 0.294. The average molecular weight is 163 g/mol. The lowest BCUT2D eigenvalue weighted by molar-refractivity contribution is 0.459. The molecule has 0 spiro atoms. The van der Waals surface area contributed by atoms with Crippen molar-refractivity contribution < 1.29 is 5.11 Å². The van der Waals surface area contributed by atoms with Crippen LogP contribution in [-0.4, -0.2) is 10.1 Å². The Morgan fingerprint density at radius 3 is 3.25 bits per heavy atom. The third-order valence-electron chi connectivity index (χ3n) is 2.49. The third-order valence-corrected chi connectivity index (χ3v) is 2.49. The summed E-state index contributed by atoms with van der Waals surface area (Å²) in [6, 6.07) is 1.85. The predicted octanol–water partition coefficient (Wildman–Crippen LogP) is 1.91. The number of fused-ring (bicyclic) bond motifs is 1. The summed E-state index contributed by atoms with van der Waals surface area (Å²) in [6.45, 7) is 2.24. The van der Waals surface area contributed by atoms with Crippen molar-refractivity contribution >= 4 is 0 Å². The van der Waals surface area contributed by atoms with Crippen molar-refractivity contribution in [2.45, 2.75) is 26.2 Å². The van der Waals surface area contributed by atoms with Gasteiger partial charge in [0.25, 0.3) is 0 Å². The number of pyridine rings is 1. The summed E-state index contributed by atoms with van der Waals surface area (Å²) in [6.07, 6.45) is 4.90. The molecule has 0 saturated heterocycles. The summed E-state index contributed by atoms with van der Waals surface area (Å²) in [7, 11) is 0. The van der Waals surface area contributed by atoms with Crippen LogP contribution in [0, 0.1) is 5.92 Å². The Kier molecular flexibility index (Phi) is 1.75. The van der Waals surface area contributed by atoms with Crippen molar-refractivity contribution in [2.24, 2.45) is 5.92 Å². The van der Waals surface area contributed by atoms with Crippen LogP contribution in [0.15, 0.2) is 12.3 Å². The van der Waals surface area contributed by atoms with E-state index in [9.17, 15) is 5.11 Å². The molecule has 0 aromatic carbocycles. The smallest absolute Gasteiger partial charge is 0.134 e. The van der Waals surface area contributed by atoms with Crippen molar-refractivity contribution in [3.8, 4) is 5.75 Å². The fourth-order valence-electron chi connectivity index (χ4n) is 1.79. The first-order valence-electron chi connectivity index (χ1n) is 4.42. The number of nitrogens with zero attached hydrogens (tertiary/aromatic N) is 1. The van der Waals surface area contributed by atoms with Gasteiger partial charge in [0.05, 0.1) is 6.20 Å². The van der Waals surface area contributed by atoms with Gasteiger partial charge in [-0.15, -0.1) is 0 Å². The van der Waals surface area contributed by atoms with Crippen LogP contribution in [0.25, 0.3) is 0 Å². The minimum Gasteiger partial charge on any atom is -0.506 e. The molecule has 0 unspecified atom stereocenters. The average Bonchev–Trinajstić information content (AvgIpc) is 2.03. The fraction of sp³-hybridized carbons (Fsp3) is 0.500. The molecule has 1 aliphatic carbocycles. The number of hydrogen-bond donors (Lipinski definition) is 1. The van der Waals surface area contributed by atoms with Gasteiger partial charge in [-0.1, -0.05) is 6.92 Å². The molecule has 2 rings (SSSR count). The maximum atomic E-state index is 9.21. The molecular weight excluding hydrogens is 150 g/mol. The van der Waals surface area contributed by atoms with E-state index >= 15 is 0 Å². The van der Waals surface area contributed by atoms with Crippen LogP contribution in [0.4, 0.5) is 0 Å². The number of aromatic hydroxyl groups is 1. The van der Waals surface area contributed by atoms with Crippen LogP contribution >= 0.6 is 0 Å². The predicted molar refractivity (Wildman–Crippen MR) is 47.1 cm³/mol. The molecule has 0 fully saturated rings. The molecule has 2 nitrogen and oxygen atoms in total. The molecule has 1 atom stereocenters. The normalized spacial score (nSPS) is 21.9. The summed E-state index contributed by atoms with van der Waals surface area (Å²) in [4.78, 5) is 4.20. The summed E-state index contributed by atoms with van der Waals surface area (Å²) in [5.41, 5.74) is 2.40. The first-order valence-corrected chi connectivity index (χ1v) is 4.42. The van der Waals surface area contributed by atoms with Gasteiger partial charge >= 0.3 is 0 Å². The van der Waals surface area contributed by atoms with E-state index in [1.165, 1.54) is 23.9 Å². The Bertz CT molecular complexity index is 296. The topological polar surface area (TPSA) is 33.1 Å². The van der Waals surface area contributed by atoms with Crippen molar-refractivity contribution in [3.05, 3.63) is 23.5 Å². The number of hydrogen-bond acceptors (Lipinski definition) is 2. The van der Waals surface area contributed by atoms with Gasteiger partial charge in [0.2, 0.25) is 0 Å². The van der Waals surface area contributed by atoms with Gasteiger partial charge in [0.15, 0.2) is 0 Å². The molecule has 1 aliphatic rings. The molecule has 1 N–H and O–H groups in total. The second-order valence-corrected chi connectivity index (χ2v) is 3.65. The third kappa shape index (κ3) is 1.29. The Balaban J connectivity index is 2.37. The zero-order valence-electron chi connectivity index (χ0n) is 7.25. The van der Waals surface area contributed by atoms with E-state index in [0.29, 0.717) is 5.75 Å². The van der Waals surface area contributed by atoms with E-state index in [1.54, 1.807) is 0 Å². The number of aromatic nitrogens is 1. The highest BCUT2D eigenvalue weighted by atomic mass is 16.3. The minimum atomic E-state index is 0.294. The van der Waals surface area contributed by atoms with Crippen LogP contribution < -0.4 is 0 Å². The zero-order chi connectivity index (χ0) is 8.55. The Morgan fingerprint density at radius 1 is 1.58 bits per heavy atom. The van der Waals surface area contributed by atoms with Crippen LogP contribution in [-0.2, 0) is 12.8 Å². The lowest BCUT2D eigenvalue weighted by atomic mass is 9.88. The molecule has 1 aromatic rings. The van der Waals surface area contributed by atoms with Gasteiger partial charge in [-0.2, -0.15) is 0 Å². The molecule has 1 aromatic heterocycles. The maximum Gasteiger partial charge on any atom is 0.134 e. The van der Waals surface area contributed by atoms with E-state index in [2.05, 4.69) is 11.9 Å². The standard InChI is InChI=1S/C10H13NO/c1-7-2-3-10-8(4-7)5-9(12)6-11-10/h5-7,12H,2-4H2,1H3/t7-/m1/s1. The first kappa shape index (κ1) is 7.59. The molecule has 1 heterocycles. The molecule has 2 heteroatoms. The van der Waals surface area contributed by atoms with Gasteiger partial charge in [-0.25, -0.2) is 0 Å². The van der Waals surface area contributed by atoms with Crippen LogP contribution in [0.5, 0.6) is 5.75 Å². The fourth-order valence-corrected chi connectivity index (χ4v) is 1.79. The Hall–Kier alpha value is -1.05. The molecule has 0 bridgehead atoms. The molecule has 12 heavy (non-hydrogen) atoms. The number of rotatable bonds is 0. The van der Waals surface area contributed by atoms with Crippen molar-refractivity contribution in [2.75, 3.05) is 0 Å². The summed E-state index contributed by atoms with van der Waals surface area (Å²) in [5.74, 6) is 1.03. The summed E-state index contributed by atoms with van der Waals surface area (Å²) >= 11 is 0. The van der Waals surface area contributed by atoms with E-state index in [-0.39, 0.29) is 0 Å². The molecular formula is C10H13NO. The molecule has 0 radical (unpaired) electrons. The highest BCUT2D eigenvalue weighted by Crippen LogP contribution is 2.25. The molecule has 64 valence electrons. The molecule has 0 aliphatic heterocycles. The summed E-state index contributed by atoms with van der Waals surface area (Å²) in [5, 5.41) is 9.21. The zero-order valence-corrected chi connectivity index (χ0v) is 7.25. The summed E-state index contributed by atoms with van der Waals surface area (Å²) < 4.78 is 0. The second-order valence-electron chi connectivity index (χ2n) is 3.65. The number of aryl methyl sites for hydroxylation is 1. The SMILES string of the molecule is C[C@@H]1CCc2ncc(O)cc2C1.